The van der Waals surface area contributed by atoms with Gasteiger partial charge < -0.3 is 4.42 Å². The molecule has 156 valence electrons. The fourth-order valence-electron chi connectivity index (χ4n) is 3.92. The molecule has 3 aromatic carbocycles. The Morgan fingerprint density at radius 3 is 2.25 bits per heavy atom. The van der Waals surface area contributed by atoms with E-state index in [2.05, 4.69) is 0 Å². The van der Waals surface area contributed by atoms with Crippen molar-refractivity contribution in [2.24, 2.45) is 0 Å². The summed E-state index contributed by atoms with van der Waals surface area (Å²) in [5.41, 5.74) is 3.08. The van der Waals surface area contributed by atoms with Gasteiger partial charge in [-0.15, -0.1) is 0 Å². The van der Waals surface area contributed by atoms with E-state index in [4.69, 9.17) is 4.42 Å². The minimum atomic E-state index is -0.155. The summed E-state index contributed by atoms with van der Waals surface area (Å²) in [5, 5.41) is 0.929. The van der Waals surface area contributed by atoms with Gasteiger partial charge in [-0.05, 0) is 35.7 Å². The molecule has 2 aromatic heterocycles. The minimum Gasteiger partial charge on any atom is -0.439 e. The van der Waals surface area contributed by atoms with Crippen LogP contribution in [-0.4, -0.2) is 4.57 Å². The predicted molar refractivity (Wildman–Crippen MR) is 129 cm³/mol. The highest BCUT2D eigenvalue weighted by atomic mass is 16.3. The molecule has 0 bridgehead atoms. The van der Waals surface area contributed by atoms with Gasteiger partial charge in [-0.1, -0.05) is 84.9 Å². The Morgan fingerprint density at radius 2 is 1.47 bits per heavy atom. The molecule has 0 aliphatic heterocycles. The highest BCUT2D eigenvalue weighted by Gasteiger charge is 2.16. The zero-order valence-electron chi connectivity index (χ0n) is 17.4. The summed E-state index contributed by atoms with van der Waals surface area (Å²) in [6.07, 6.45) is 4.35. The molecule has 0 saturated carbocycles. The number of hydrogen-bond acceptors (Lipinski definition) is 3. The van der Waals surface area contributed by atoms with Crippen LogP contribution in [0.4, 0.5) is 0 Å². The smallest absolute Gasteiger partial charge is 0.257 e. The lowest BCUT2D eigenvalue weighted by atomic mass is 10.1. The molecule has 0 unspecified atom stereocenters. The Bertz CT molecular complexity index is 1550. The normalized spacial score (nSPS) is 11.5. The summed E-state index contributed by atoms with van der Waals surface area (Å²) in [7, 11) is 0. The van der Waals surface area contributed by atoms with E-state index in [0.29, 0.717) is 40.6 Å². The Morgan fingerprint density at radius 1 is 0.781 bits per heavy atom. The maximum Gasteiger partial charge on any atom is 0.257 e. The summed E-state index contributed by atoms with van der Waals surface area (Å²) >= 11 is 0. The van der Waals surface area contributed by atoms with Crippen molar-refractivity contribution in [1.29, 1.82) is 0 Å². The van der Waals surface area contributed by atoms with Gasteiger partial charge in [-0.2, -0.15) is 0 Å². The fourth-order valence-corrected chi connectivity index (χ4v) is 3.92. The topological polar surface area (TPSA) is 52.2 Å². The highest BCUT2D eigenvalue weighted by Crippen LogP contribution is 2.19. The molecule has 5 aromatic rings. The zero-order chi connectivity index (χ0) is 21.9. The summed E-state index contributed by atoms with van der Waals surface area (Å²) in [4.78, 5) is 26.7. The molecule has 5 rings (SSSR count). The molecule has 0 aliphatic rings. The van der Waals surface area contributed by atoms with Crippen LogP contribution in [0.1, 0.15) is 16.7 Å². The van der Waals surface area contributed by atoms with Crippen molar-refractivity contribution in [2.75, 3.05) is 0 Å². The number of rotatable bonds is 5. The number of para-hydroxylation sites is 1. The summed E-state index contributed by atoms with van der Waals surface area (Å²) in [6, 6.07) is 28.5. The van der Waals surface area contributed by atoms with Crippen LogP contribution in [-0.2, 0) is 13.0 Å². The van der Waals surface area contributed by atoms with Crippen molar-refractivity contribution in [3.8, 4) is 0 Å². The second-order valence-electron chi connectivity index (χ2n) is 7.71. The van der Waals surface area contributed by atoms with Crippen molar-refractivity contribution >= 4 is 28.1 Å². The molecule has 0 radical (unpaired) electrons. The Hall–Kier alpha value is -4.18. The van der Waals surface area contributed by atoms with E-state index in [1.165, 1.54) is 0 Å². The summed E-state index contributed by atoms with van der Waals surface area (Å²) in [5.74, 6) is 0. The predicted octanol–water partition coefficient (Wildman–Crippen LogP) is 5.41. The van der Waals surface area contributed by atoms with Gasteiger partial charge in [-0.3, -0.25) is 14.2 Å². The van der Waals surface area contributed by atoms with Crippen LogP contribution >= 0.6 is 0 Å². The zero-order valence-corrected chi connectivity index (χ0v) is 17.4. The molecule has 0 atom stereocenters. The second kappa shape index (κ2) is 8.52. The minimum absolute atomic E-state index is 0.128. The van der Waals surface area contributed by atoms with Gasteiger partial charge in [0.2, 0.25) is 11.1 Å². The lowest BCUT2D eigenvalue weighted by molar-refractivity contribution is 0.595. The second-order valence-corrected chi connectivity index (χ2v) is 7.71. The number of hydrogen-bond donors (Lipinski definition) is 0. The number of pyridine rings is 1. The summed E-state index contributed by atoms with van der Waals surface area (Å²) in [6.45, 7) is 0.327. The Balaban J connectivity index is 1.68. The molecular formula is C28H21NO3. The number of fused-ring (bicyclic) bond motifs is 2. The third kappa shape index (κ3) is 3.79. The molecule has 0 aliphatic carbocycles. The van der Waals surface area contributed by atoms with Crippen molar-refractivity contribution in [3.05, 3.63) is 134 Å². The van der Waals surface area contributed by atoms with E-state index in [1.54, 1.807) is 22.8 Å². The van der Waals surface area contributed by atoms with E-state index < -0.39 is 0 Å². The van der Waals surface area contributed by atoms with Crippen LogP contribution in [0.15, 0.2) is 111 Å². The Labute approximate surface area is 184 Å². The molecule has 4 nitrogen and oxygen atoms in total. The molecule has 0 saturated heterocycles. The van der Waals surface area contributed by atoms with Gasteiger partial charge in [0, 0.05) is 5.56 Å². The average molecular weight is 419 g/mol. The molecule has 0 N–H and O–H groups in total. The first-order chi connectivity index (χ1) is 15.7. The molecule has 0 amide bonds. The maximum absolute atomic E-state index is 13.4. The number of benzene rings is 3. The monoisotopic (exact) mass is 419 g/mol. The van der Waals surface area contributed by atoms with E-state index in [9.17, 15) is 9.59 Å². The third-order valence-electron chi connectivity index (χ3n) is 5.53. The van der Waals surface area contributed by atoms with Crippen LogP contribution in [0.25, 0.3) is 28.1 Å². The lowest BCUT2D eigenvalue weighted by Gasteiger charge is -2.12. The number of nitrogens with zero attached hydrogens (tertiary/aromatic N) is 1. The van der Waals surface area contributed by atoms with Gasteiger partial charge in [-0.25, -0.2) is 0 Å². The largest absolute Gasteiger partial charge is 0.439 e. The SMILES string of the molecule is O=c1c2ccccc2oc2c1cc(C/C=C/c1ccccc1)c(=O)n2Cc1ccccc1. The molecule has 0 spiro atoms. The van der Waals surface area contributed by atoms with Crippen LogP contribution < -0.4 is 11.0 Å². The van der Waals surface area contributed by atoms with E-state index in [0.717, 1.165) is 11.1 Å². The van der Waals surface area contributed by atoms with Gasteiger partial charge >= 0.3 is 0 Å². The van der Waals surface area contributed by atoms with Gasteiger partial charge in [0.05, 0.1) is 17.3 Å². The highest BCUT2D eigenvalue weighted by molar-refractivity contribution is 5.88. The average Bonchev–Trinajstić information content (AvgIpc) is 2.84. The molecule has 4 heteroatoms. The van der Waals surface area contributed by atoms with E-state index in [1.807, 2.05) is 84.9 Å². The molecular weight excluding hydrogens is 398 g/mol. The lowest BCUT2D eigenvalue weighted by Crippen LogP contribution is -2.26. The van der Waals surface area contributed by atoms with Crippen LogP contribution in [0.3, 0.4) is 0 Å². The first kappa shape index (κ1) is 19.8. The standard InChI is InChI=1S/C28H21NO3/c30-26-23-16-7-8-17-25(23)32-28-24(26)18-22(15-9-14-20-10-3-1-4-11-20)27(31)29(28)19-21-12-5-2-6-13-21/h1-14,16-18H,15,19H2/b14-9+. The quantitative estimate of drug-likeness (QED) is 0.358. The van der Waals surface area contributed by atoms with Gasteiger partial charge in [0.1, 0.15) is 5.58 Å². The van der Waals surface area contributed by atoms with Gasteiger partial charge in [0.15, 0.2) is 0 Å². The fraction of sp³-hybridized carbons (Fsp3) is 0.0714. The van der Waals surface area contributed by atoms with Crippen LogP contribution in [0.2, 0.25) is 0 Å². The first-order valence-corrected chi connectivity index (χ1v) is 10.5. The van der Waals surface area contributed by atoms with E-state index >= 15 is 0 Å². The number of aromatic nitrogens is 1. The van der Waals surface area contributed by atoms with Gasteiger partial charge in [0.25, 0.3) is 5.56 Å². The molecule has 32 heavy (non-hydrogen) atoms. The first-order valence-electron chi connectivity index (χ1n) is 10.5. The van der Waals surface area contributed by atoms with Crippen molar-refractivity contribution < 1.29 is 4.42 Å². The van der Waals surface area contributed by atoms with Crippen molar-refractivity contribution in [1.82, 2.24) is 4.57 Å². The van der Waals surface area contributed by atoms with E-state index in [-0.39, 0.29) is 11.0 Å². The molecule has 2 heterocycles. The number of allylic oxidation sites excluding steroid dienone is 1. The summed E-state index contributed by atoms with van der Waals surface area (Å²) < 4.78 is 7.66. The Kier molecular flexibility index (Phi) is 5.26. The van der Waals surface area contributed by atoms with Crippen molar-refractivity contribution in [3.63, 3.8) is 0 Å². The van der Waals surface area contributed by atoms with Crippen LogP contribution in [0, 0.1) is 0 Å². The third-order valence-corrected chi connectivity index (χ3v) is 5.53. The van der Waals surface area contributed by atoms with Crippen LogP contribution in [0.5, 0.6) is 0 Å². The molecule has 0 fully saturated rings. The maximum atomic E-state index is 13.4. The van der Waals surface area contributed by atoms with Crippen molar-refractivity contribution in [2.45, 2.75) is 13.0 Å².